The Labute approximate surface area is 93.7 Å². The summed E-state index contributed by atoms with van der Waals surface area (Å²) >= 11 is 3.17. The number of rotatable bonds is 2. The van der Waals surface area contributed by atoms with E-state index in [2.05, 4.69) is 21.2 Å². The maximum atomic E-state index is 10.6. The van der Waals surface area contributed by atoms with Crippen molar-refractivity contribution in [2.45, 2.75) is 6.92 Å². The zero-order valence-corrected chi connectivity index (χ0v) is 9.37. The zero-order chi connectivity index (χ0) is 11.6. The Balaban J connectivity index is 3.23. The molecule has 7 heteroatoms. The second-order valence-electron chi connectivity index (χ2n) is 2.86. The number of anilines is 1. The summed E-state index contributed by atoms with van der Waals surface area (Å²) < 4.78 is 0.546. The Morgan fingerprint density at radius 2 is 2.20 bits per heavy atom. The average Bonchev–Trinajstić information content (AvgIpc) is 2.08. The van der Waals surface area contributed by atoms with Crippen molar-refractivity contribution >= 4 is 33.3 Å². The Morgan fingerprint density at radius 1 is 1.60 bits per heavy atom. The molecule has 0 aliphatic rings. The number of amides is 2. The molecule has 0 heterocycles. The molecule has 0 radical (unpaired) electrons. The van der Waals surface area contributed by atoms with Gasteiger partial charge in [-0.25, -0.2) is 4.79 Å². The van der Waals surface area contributed by atoms with Gasteiger partial charge in [0.2, 0.25) is 0 Å². The lowest BCUT2D eigenvalue weighted by Crippen LogP contribution is -2.19. The molecule has 0 saturated heterocycles. The van der Waals surface area contributed by atoms with E-state index in [0.717, 1.165) is 0 Å². The van der Waals surface area contributed by atoms with E-state index in [-0.39, 0.29) is 11.4 Å². The van der Waals surface area contributed by atoms with Crippen molar-refractivity contribution in [3.05, 3.63) is 32.3 Å². The van der Waals surface area contributed by atoms with Crippen molar-refractivity contribution in [3.8, 4) is 0 Å². The average molecular weight is 274 g/mol. The van der Waals surface area contributed by atoms with Crippen molar-refractivity contribution < 1.29 is 9.72 Å². The Kier molecular flexibility index (Phi) is 3.25. The van der Waals surface area contributed by atoms with Crippen LogP contribution in [0.1, 0.15) is 5.56 Å². The topological polar surface area (TPSA) is 98.3 Å². The summed E-state index contributed by atoms with van der Waals surface area (Å²) in [6, 6.07) is 2.03. The predicted molar refractivity (Wildman–Crippen MR) is 58.7 cm³/mol. The number of nitrogens with zero attached hydrogens (tertiary/aromatic N) is 1. The molecule has 1 rings (SSSR count). The fourth-order valence-corrected chi connectivity index (χ4v) is 1.64. The van der Waals surface area contributed by atoms with E-state index in [1.54, 1.807) is 13.0 Å². The molecule has 80 valence electrons. The summed E-state index contributed by atoms with van der Waals surface area (Å²) in [7, 11) is 0. The molecule has 1 aromatic rings. The lowest BCUT2D eigenvalue weighted by molar-refractivity contribution is -0.385. The first-order valence-electron chi connectivity index (χ1n) is 3.93. The molecule has 0 fully saturated rings. The monoisotopic (exact) mass is 273 g/mol. The predicted octanol–water partition coefficient (Wildman–Crippen LogP) is 2.16. The van der Waals surface area contributed by atoms with Crippen molar-refractivity contribution in [1.82, 2.24) is 0 Å². The highest BCUT2D eigenvalue weighted by Crippen LogP contribution is 2.30. The van der Waals surface area contributed by atoms with E-state index in [1.807, 2.05) is 0 Å². The number of primary amides is 1. The number of benzene rings is 1. The maximum Gasteiger partial charge on any atom is 0.316 e. The van der Waals surface area contributed by atoms with Crippen LogP contribution in [-0.4, -0.2) is 11.0 Å². The minimum atomic E-state index is -0.770. The number of nitrogens with one attached hydrogen (secondary N) is 1. The number of urea groups is 1. The second-order valence-corrected chi connectivity index (χ2v) is 3.72. The highest BCUT2D eigenvalue weighted by molar-refractivity contribution is 9.10. The van der Waals surface area contributed by atoms with Gasteiger partial charge in [-0.1, -0.05) is 0 Å². The van der Waals surface area contributed by atoms with Crippen LogP contribution in [0.15, 0.2) is 16.6 Å². The normalized spacial score (nSPS) is 9.73. The number of aryl methyl sites for hydroxylation is 1. The fraction of sp³-hybridized carbons (Fsp3) is 0.125. The summed E-state index contributed by atoms with van der Waals surface area (Å²) in [5, 5.41) is 12.9. The molecular formula is C8H8BrN3O3. The number of hydrogen-bond acceptors (Lipinski definition) is 3. The largest absolute Gasteiger partial charge is 0.351 e. The molecule has 6 nitrogen and oxygen atoms in total. The Bertz CT molecular complexity index is 433. The van der Waals surface area contributed by atoms with Gasteiger partial charge < -0.3 is 11.1 Å². The van der Waals surface area contributed by atoms with Gasteiger partial charge in [-0.2, -0.15) is 0 Å². The summed E-state index contributed by atoms with van der Waals surface area (Å²) in [5.41, 5.74) is 5.63. The number of carbonyl (C=O) groups excluding carboxylic acids is 1. The van der Waals surface area contributed by atoms with Crippen LogP contribution in [0.25, 0.3) is 0 Å². The quantitative estimate of drug-likeness (QED) is 0.638. The van der Waals surface area contributed by atoms with Gasteiger partial charge in [0.25, 0.3) is 5.69 Å². The van der Waals surface area contributed by atoms with E-state index in [0.29, 0.717) is 10.0 Å². The molecule has 2 amide bonds. The first kappa shape index (κ1) is 11.4. The van der Waals surface area contributed by atoms with Gasteiger partial charge >= 0.3 is 6.03 Å². The van der Waals surface area contributed by atoms with E-state index in [4.69, 9.17) is 5.73 Å². The van der Waals surface area contributed by atoms with Crippen LogP contribution in [0.4, 0.5) is 16.2 Å². The molecule has 0 aromatic heterocycles. The number of nitro groups is 1. The van der Waals surface area contributed by atoms with Gasteiger partial charge in [0.15, 0.2) is 0 Å². The molecule has 0 unspecified atom stereocenters. The minimum Gasteiger partial charge on any atom is -0.351 e. The Morgan fingerprint density at radius 3 is 2.67 bits per heavy atom. The van der Waals surface area contributed by atoms with Crippen LogP contribution >= 0.6 is 15.9 Å². The molecule has 0 aliphatic heterocycles. The third kappa shape index (κ3) is 2.66. The van der Waals surface area contributed by atoms with Gasteiger partial charge in [-0.15, -0.1) is 0 Å². The van der Waals surface area contributed by atoms with Crippen LogP contribution < -0.4 is 11.1 Å². The lowest BCUT2D eigenvalue weighted by Gasteiger charge is -2.06. The van der Waals surface area contributed by atoms with Crippen molar-refractivity contribution in [1.29, 1.82) is 0 Å². The van der Waals surface area contributed by atoms with Gasteiger partial charge in [0, 0.05) is 16.1 Å². The van der Waals surface area contributed by atoms with E-state index in [1.165, 1.54) is 6.07 Å². The molecule has 0 atom stereocenters. The summed E-state index contributed by atoms with van der Waals surface area (Å²) in [6.45, 7) is 1.61. The molecule has 15 heavy (non-hydrogen) atoms. The van der Waals surface area contributed by atoms with Crippen LogP contribution in [0, 0.1) is 17.0 Å². The summed E-state index contributed by atoms with van der Waals surface area (Å²) in [5.74, 6) is 0. The third-order valence-electron chi connectivity index (χ3n) is 1.74. The number of nitro benzene ring substituents is 1. The molecular weight excluding hydrogens is 266 g/mol. The fourth-order valence-electron chi connectivity index (χ4n) is 1.09. The highest BCUT2D eigenvalue weighted by atomic mass is 79.9. The molecule has 0 aliphatic carbocycles. The zero-order valence-electron chi connectivity index (χ0n) is 7.78. The molecule has 1 aromatic carbocycles. The SMILES string of the molecule is Cc1cc(Br)c(NC(N)=O)cc1[N+](=O)[O-]. The lowest BCUT2D eigenvalue weighted by atomic mass is 10.2. The van der Waals surface area contributed by atoms with Crippen LogP contribution in [0.2, 0.25) is 0 Å². The first-order valence-corrected chi connectivity index (χ1v) is 4.72. The van der Waals surface area contributed by atoms with E-state index in [9.17, 15) is 14.9 Å². The molecule has 0 bridgehead atoms. The standard InChI is InChI=1S/C8H8BrN3O3/c1-4-2-5(9)6(11-8(10)13)3-7(4)12(14)15/h2-3H,1H3,(H3,10,11,13). The van der Waals surface area contributed by atoms with Gasteiger partial charge in [0.05, 0.1) is 10.6 Å². The summed E-state index contributed by atoms with van der Waals surface area (Å²) in [4.78, 5) is 20.7. The third-order valence-corrected chi connectivity index (χ3v) is 2.40. The van der Waals surface area contributed by atoms with Crippen molar-refractivity contribution in [2.24, 2.45) is 5.73 Å². The minimum absolute atomic E-state index is 0.0676. The van der Waals surface area contributed by atoms with Crippen LogP contribution in [-0.2, 0) is 0 Å². The van der Waals surface area contributed by atoms with Gasteiger partial charge in [-0.3, -0.25) is 10.1 Å². The maximum absolute atomic E-state index is 10.6. The van der Waals surface area contributed by atoms with E-state index >= 15 is 0 Å². The van der Waals surface area contributed by atoms with Gasteiger partial charge in [0.1, 0.15) is 0 Å². The smallest absolute Gasteiger partial charge is 0.316 e. The number of carbonyl (C=O) groups is 1. The molecule has 0 spiro atoms. The Hall–Kier alpha value is -1.63. The number of nitrogens with two attached hydrogens (primary N) is 1. The van der Waals surface area contributed by atoms with Crippen molar-refractivity contribution in [2.75, 3.05) is 5.32 Å². The van der Waals surface area contributed by atoms with Crippen LogP contribution in [0.3, 0.4) is 0 Å². The van der Waals surface area contributed by atoms with E-state index < -0.39 is 11.0 Å². The van der Waals surface area contributed by atoms with Gasteiger partial charge in [-0.05, 0) is 28.9 Å². The second kappa shape index (κ2) is 4.26. The molecule has 0 saturated carbocycles. The highest BCUT2D eigenvalue weighted by Gasteiger charge is 2.14. The molecule has 3 N–H and O–H groups in total. The number of hydrogen-bond donors (Lipinski definition) is 2. The van der Waals surface area contributed by atoms with Crippen molar-refractivity contribution in [3.63, 3.8) is 0 Å². The number of halogens is 1. The first-order chi connectivity index (χ1) is 6.91. The summed E-state index contributed by atoms with van der Waals surface area (Å²) in [6.07, 6.45) is 0. The van der Waals surface area contributed by atoms with Crippen LogP contribution in [0.5, 0.6) is 0 Å².